The largest absolute Gasteiger partial charge is 0.313 e. The molecule has 1 heterocycles. The summed E-state index contributed by atoms with van der Waals surface area (Å²) in [7, 11) is 0. The number of rotatable bonds is 7. The quantitative estimate of drug-likeness (QED) is 0.730. The van der Waals surface area contributed by atoms with Crippen LogP contribution in [0.1, 0.15) is 18.5 Å². The third-order valence-corrected chi connectivity index (χ3v) is 3.14. The van der Waals surface area contributed by atoms with E-state index in [1.807, 2.05) is 36.5 Å². The van der Waals surface area contributed by atoms with Crippen molar-refractivity contribution in [3.8, 4) is 5.69 Å². The molecule has 0 radical (unpaired) electrons. The number of hydrogen-bond acceptors (Lipinski definition) is 4. The van der Waals surface area contributed by atoms with Gasteiger partial charge in [0.2, 0.25) is 0 Å². The van der Waals surface area contributed by atoms with E-state index >= 15 is 0 Å². The molecule has 0 amide bonds. The van der Waals surface area contributed by atoms with Crippen LogP contribution in [0, 0.1) is 0 Å². The zero-order valence-electron chi connectivity index (χ0n) is 10.9. The second-order valence-electron chi connectivity index (χ2n) is 4.87. The minimum atomic E-state index is 0.763. The molecule has 3 rings (SSSR count). The van der Waals surface area contributed by atoms with Crippen LogP contribution in [0.2, 0.25) is 0 Å². The first-order valence-electron chi connectivity index (χ1n) is 6.82. The Bertz CT molecular complexity index is 504. The van der Waals surface area contributed by atoms with Crippen molar-refractivity contribution in [3.05, 3.63) is 42.2 Å². The van der Waals surface area contributed by atoms with Gasteiger partial charge in [0.25, 0.3) is 0 Å². The summed E-state index contributed by atoms with van der Waals surface area (Å²) in [6.07, 6.45) is 4.49. The van der Waals surface area contributed by atoms with Gasteiger partial charge in [0.1, 0.15) is 0 Å². The van der Waals surface area contributed by atoms with E-state index in [2.05, 4.69) is 20.8 Å². The Labute approximate surface area is 113 Å². The number of nitrogens with one attached hydrogen (secondary N) is 2. The summed E-state index contributed by atoms with van der Waals surface area (Å²) in [5, 5.41) is 15.6. The molecule has 0 bridgehead atoms. The van der Waals surface area contributed by atoms with Crippen molar-refractivity contribution in [2.75, 3.05) is 13.1 Å². The van der Waals surface area contributed by atoms with Crippen molar-refractivity contribution in [1.29, 1.82) is 0 Å². The van der Waals surface area contributed by atoms with Gasteiger partial charge in [0.15, 0.2) is 0 Å². The number of benzene rings is 1. The SMILES string of the molecule is c1ccc(-n2ncc(CNCCNC3CC3)n2)cc1. The number of hydrogen-bond donors (Lipinski definition) is 2. The Hall–Kier alpha value is -1.72. The van der Waals surface area contributed by atoms with Crippen molar-refractivity contribution in [3.63, 3.8) is 0 Å². The van der Waals surface area contributed by atoms with E-state index in [4.69, 9.17) is 0 Å². The van der Waals surface area contributed by atoms with Gasteiger partial charge in [0, 0.05) is 25.7 Å². The molecule has 5 nitrogen and oxygen atoms in total. The molecule has 0 spiro atoms. The molecule has 1 aliphatic carbocycles. The zero-order chi connectivity index (χ0) is 12.9. The molecule has 1 aromatic heterocycles. The molecule has 0 atom stereocenters. The maximum Gasteiger partial charge on any atom is 0.0969 e. The van der Waals surface area contributed by atoms with Crippen molar-refractivity contribution in [2.24, 2.45) is 0 Å². The van der Waals surface area contributed by atoms with Gasteiger partial charge >= 0.3 is 0 Å². The van der Waals surface area contributed by atoms with E-state index < -0.39 is 0 Å². The molecule has 0 saturated heterocycles. The summed E-state index contributed by atoms with van der Waals surface area (Å²) in [6.45, 7) is 2.76. The molecule has 2 N–H and O–H groups in total. The second-order valence-corrected chi connectivity index (χ2v) is 4.87. The highest BCUT2D eigenvalue weighted by Gasteiger charge is 2.19. The molecule has 100 valence electrons. The Morgan fingerprint density at radius 1 is 1.16 bits per heavy atom. The second kappa shape index (κ2) is 5.95. The minimum Gasteiger partial charge on any atom is -0.313 e. The molecule has 0 unspecified atom stereocenters. The average molecular weight is 257 g/mol. The molecule has 5 heteroatoms. The number of aromatic nitrogens is 3. The summed E-state index contributed by atoms with van der Waals surface area (Å²) in [4.78, 5) is 1.67. The van der Waals surface area contributed by atoms with Crippen LogP contribution in [0.3, 0.4) is 0 Å². The molecule has 1 aromatic carbocycles. The maximum absolute atomic E-state index is 4.45. The van der Waals surface area contributed by atoms with Gasteiger partial charge < -0.3 is 10.6 Å². The van der Waals surface area contributed by atoms with Gasteiger partial charge in [-0.1, -0.05) is 18.2 Å². The highest BCUT2D eigenvalue weighted by molar-refractivity contribution is 5.28. The highest BCUT2D eigenvalue weighted by atomic mass is 15.5. The van der Waals surface area contributed by atoms with Gasteiger partial charge in [-0.05, 0) is 25.0 Å². The zero-order valence-corrected chi connectivity index (χ0v) is 10.9. The standard InChI is InChI=1S/C14H19N5/c1-2-4-14(5-3-1)19-17-11-13(18-19)10-15-8-9-16-12-6-7-12/h1-5,11-12,15-16H,6-10H2. The van der Waals surface area contributed by atoms with E-state index in [0.717, 1.165) is 37.1 Å². The fourth-order valence-electron chi connectivity index (χ4n) is 1.93. The highest BCUT2D eigenvalue weighted by Crippen LogP contribution is 2.17. The minimum absolute atomic E-state index is 0.763. The van der Waals surface area contributed by atoms with Crippen LogP contribution in [0.15, 0.2) is 36.5 Å². The summed E-state index contributed by atoms with van der Waals surface area (Å²) in [5.41, 5.74) is 1.96. The van der Waals surface area contributed by atoms with Gasteiger partial charge in [-0.15, -0.1) is 0 Å². The Morgan fingerprint density at radius 2 is 2.00 bits per heavy atom. The Morgan fingerprint density at radius 3 is 2.79 bits per heavy atom. The van der Waals surface area contributed by atoms with Crippen LogP contribution in [0.5, 0.6) is 0 Å². The van der Waals surface area contributed by atoms with E-state index in [1.165, 1.54) is 12.8 Å². The molecule has 1 aliphatic rings. The Kier molecular flexibility index (Phi) is 3.86. The summed E-state index contributed by atoms with van der Waals surface area (Å²) < 4.78 is 0. The van der Waals surface area contributed by atoms with E-state index in [-0.39, 0.29) is 0 Å². The van der Waals surface area contributed by atoms with Crippen LogP contribution < -0.4 is 10.6 Å². The first-order chi connectivity index (χ1) is 9.42. The van der Waals surface area contributed by atoms with Crippen LogP contribution in [-0.2, 0) is 6.54 Å². The number of para-hydroxylation sites is 1. The molecule has 1 saturated carbocycles. The van der Waals surface area contributed by atoms with Crippen molar-refractivity contribution < 1.29 is 0 Å². The lowest BCUT2D eigenvalue weighted by molar-refractivity contribution is 0.600. The van der Waals surface area contributed by atoms with Gasteiger partial charge in [0.05, 0.1) is 17.6 Å². The van der Waals surface area contributed by atoms with E-state index in [0.29, 0.717) is 0 Å². The van der Waals surface area contributed by atoms with Crippen molar-refractivity contribution in [1.82, 2.24) is 25.6 Å². The monoisotopic (exact) mass is 257 g/mol. The van der Waals surface area contributed by atoms with Gasteiger partial charge in [-0.3, -0.25) is 0 Å². The number of nitrogens with zero attached hydrogens (tertiary/aromatic N) is 3. The lowest BCUT2D eigenvalue weighted by Crippen LogP contribution is -2.28. The third-order valence-electron chi connectivity index (χ3n) is 3.14. The fourth-order valence-corrected chi connectivity index (χ4v) is 1.93. The predicted octanol–water partition coefficient (Wildman–Crippen LogP) is 1.11. The first-order valence-corrected chi connectivity index (χ1v) is 6.82. The van der Waals surface area contributed by atoms with Crippen molar-refractivity contribution in [2.45, 2.75) is 25.4 Å². The van der Waals surface area contributed by atoms with Gasteiger partial charge in [-0.2, -0.15) is 15.0 Å². The summed E-state index contributed by atoms with van der Waals surface area (Å²) in [6, 6.07) is 10.7. The first kappa shape index (κ1) is 12.3. The molecular weight excluding hydrogens is 238 g/mol. The molecular formula is C14H19N5. The summed E-state index contributed by atoms with van der Waals surface area (Å²) in [5.74, 6) is 0. The predicted molar refractivity (Wildman–Crippen MR) is 74.1 cm³/mol. The van der Waals surface area contributed by atoms with Crippen LogP contribution >= 0.6 is 0 Å². The Balaban J connectivity index is 1.45. The molecule has 0 aliphatic heterocycles. The lowest BCUT2D eigenvalue weighted by atomic mass is 10.3. The smallest absolute Gasteiger partial charge is 0.0969 e. The maximum atomic E-state index is 4.45. The molecule has 2 aromatic rings. The van der Waals surface area contributed by atoms with Crippen molar-refractivity contribution >= 4 is 0 Å². The topological polar surface area (TPSA) is 54.8 Å². The molecule has 19 heavy (non-hydrogen) atoms. The average Bonchev–Trinajstić information content (AvgIpc) is 3.16. The third kappa shape index (κ3) is 3.62. The summed E-state index contributed by atoms with van der Waals surface area (Å²) >= 11 is 0. The van der Waals surface area contributed by atoms with Crippen LogP contribution in [0.4, 0.5) is 0 Å². The van der Waals surface area contributed by atoms with Crippen LogP contribution in [0.25, 0.3) is 5.69 Å². The normalized spacial score (nSPS) is 14.7. The van der Waals surface area contributed by atoms with Gasteiger partial charge in [-0.25, -0.2) is 0 Å². The lowest BCUT2D eigenvalue weighted by Gasteiger charge is -2.03. The van der Waals surface area contributed by atoms with Crippen LogP contribution in [-0.4, -0.2) is 34.1 Å². The fraction of sp³-hybridized carbons (Fsp3) is 0.429. The van der Waals surface area contributed by atoms with E-state index in [1.54, 1.807) is 4.80 Å². The molecule has 1 fully saturated rings. The van der Waals surface area contributed by atoms with E-state index in [9.17, 15) is 0 Å².